The number of amides is 1. The van der Waals surface area contributed by atoms with Crippen LogP contribution in [0.3, 0.4) is 0 Å². The largest absolute Gasteiger partial charge is 0.457 e. The zero-order chi connectivity index (χ0) is 23.7. The van der Waals surface area contributed by atoms with Gasteiger partial charge in [-0.1, -0.05) is 34.8 Å². The lowest BCUT2D eigenvalue weighted by atomic mass is 10.2. The average Bonchev–Trinajstić information content (AvgIpc) is 3.45. The van der Waals surface area contributed by atoms with Crippen molar-refractivity contribution in [2.75, 3.05) is 5.32 Å². The summed E-state index contributed by atoms with van der Waals surface area (Å²) in [5.74, 6) is 1.04. The van der Waals surface area contributed by atoms with Crippen molar-refractivity contribution in [3.05, 3.63) is 93.8 Å². The fourth-order valence-electron chi connectivity index (χ4n) is 3.29. The molecule has 3 aromatic heterocycles. The average molecular weight is 511 g/mol. The number of furan rings is 1. The van der Waals surface area contributed by atoms with Crippen molar-refractivity contribution >= 4 is 63.7 Å². The lowest BCUT2D eigenvalue weighted by Gasteiger charge is -2.05. The Morgan fingerprint density at radius 2 is 1.76 bits per heavy atom. The Labute approximate surface area is 208 Å². The van der Waals surface area contributed by atoms with E-state index < -0.39 is 0 Å². The molecule has 3 heterocycles. The van der Waals surface area contributed by atoms with Gasteiger partial charge in [0, 0.05) is 33.6 Å². The molecular weight excluding hydrogens is 497 g/mol. The van der Waals surface area contributed by atoms with E-state index >= 15 is 0 Å². The Hall–Kier alpha value is -3.58. The van der Waals surface area contributed by atoms with Gasteiger partial charge in [-0.3, -0.25) is 4.79 Å². The second-order valence-corrected chi connectivity index (χ2v) is 8.50. The third-order valence-electron chi connectivity index (χ3n) is 4.80. The quantitative estimate of drug-likeness (QED) is 0.244. The van der Waals surface area contributed by atoms with Gasteiger partial charge in [-0.05, 0) is 66.7 Å². The maximum absolute atomic E-state index is 12.5. The minimum absolute atomic E-state index is 0.314. The topological polar surface area (TPSA) is 81.2 Å². The molecule has 9 heteroatoms. The highest BCUT2D eigenvalue weighted by Crippen LogP contribution is 2.32. The third kappa shape index (κ3) is 4.84. The van der Waals surface area contributed by atoms with E-state index in [0.29, 0.717) is 55.0 Å². The van der Waals surface area contributed by atoms with E-state index in [1.807, 2.05) is 0 Å². The summed E-state index contributed by atoms with van der Waals surface area (Å²) in [4.78, 5) is 21.0. The van der Waals surface area contributed by atoms with E-state index in [-0.39, 0.29) is 5.91 Å². The Morgan fingerprint density at radius 1 is 0.941 bits per heavy atom. The predicted octanol–water partition coefficient (Wildman–Crippen LogP) is 7.76. The number of anilines is 1. The van der Waals surface area contributed by atoms with Crippen molar-refractivity contribution in [3.8, 4) is 22.8 Å². The molecule has 5 rings (SSSR count). The molecule has 0 atom stereocenters. The van der Waals surface area contributed by atoms with Crippen LogP contribution in [-0.2, 0) is 4.79 Å². The number of pyridine rings is 1. The number of halogens is 3. The summed E-state index contributed by atoms with van der Waals surface area (Å²) in [5, 5.41) is 4.24. The van der Waals surface area contributed by atoms with Gasteiger partial charge in [0.25, 0.3) is 0 Å². The zero-order valence-corrected chi connectivity index (χ0v) is 19.5. The normalized spacial score (nSPS) is 11.4. The molecule has 0 saturated carbocycles. The van der Waals surface area contributed by atoms with Crippen molar-refractivity contribution in [2.45, 2.75) is 0 Å². The number of aromatic nitrogens is 2. The van der Waals surface area contributed by atoms with Gasteiger partial charge >= 0.3 is 0 Å². The molecule has 5 aromatic rings. The zero-order valence-electron chi connectivity index (χ0n) is 17.3. The van der Waals surface area contributed by atoms with Gasteiger partial charge in [0.05, 0.1) is 10.6 Å². The number of nitrogens with zero attached hydrogens (tertiary/aromatic N) is 2. The highest BCUT2D eigenvalue weighted by atomic mass is 35.5. The number of hydrogen-bond donors (Lipinski definition) is 1. The predicted molar refractivity (Wildman–Crippen MR) is 134 cm³/mol. The van der Waals surface area contributed by atoms with Crippen LogP contribution in [0.5, 0.6) is 0 Å². The first kappa shape index (κ1) is 22.2. The first-order valence-corrected chi connectivity index (χ1v) is 11.1. The standard InChI is InChI=1S/C25H14Cl3N3O3/c26-15-10-14(11-16(27)12-15)21-7-4-18(33-21)5-8-23(32)30-17-3-6-20(28)19(13-17)25-31-24-22(34-25)2-1-9-29-24/h1-13H,(H,30,32)/b8-5+. The van der Waals surface area contributed by atoms with Gasteiger partial charge in [-0.25, -0.2) is 4.98 Å². The van der Waals surface area contributed by atoms with E-state index in [1.165, 1.54) is 6.08 Å². The van der Waals surface area contributed by atoms with E-state index in [9.17, 15) is 4.79 Å². The number of rotatable bonds is 5. The summed E-state index contributed by atoms with van der Waals surface area (Å²) in [6, 6.07) is 17.2. The summed E-state index contributed by atoms with van der Waals surface area (Å²) in [5.41, 5.74) is 2.83. The number of carbonyl (C=O) groups excluding carboxylic acids is 1. The number of nitrogens with one attached hydrogen (secondary N) is 1. The van der Waals surface area contributed by atoms with Crippen molar-refractivity contribution < 1.29 is 13.6 Å². The molecule has 1 N–H and O–H groups in total. The molecule has 0 spiro atoms. The van der Waals surface area contributed by atoms with Crippen LogP contribution < -0.4 is 5.32 Å². The lowest BCUT2D eigenvalue weighted by molar-refractivity contribution is -0.111. The summed E-state index contributed by atoms with van der Waals surface area (Å²) in [7, 11) is 0. The molecule has 34 heavy (non-hydrogen) atoms. The molecule has 1 amide bonds. The molecule has 0 radical (unpaired) electrons. The van der Waals surface area contributed by atoms with Crippen LogP contribution in [0.2, 0.25) is 15.1 Å². The summed E-state index contributed by atoms with van der Waals surface area (Å²) < 4.78 is 11.5. The van der Waals surface area contributed by atoms with Crippen molar-refractivity contribution in [1.82, 2.24) is 9.97 Å². The van der Waals surface area contributed by atoms with Crippen LogP contribution in [0.15, 0.2) is 81.8 Å². The van der Waals surface area contributed by atoms with Gasteiger partial charge < -0.3 is 14.2 Å². The second kappa shape index (κ2) is 9.35. The van der Waals surface area contributed by atoms with Crippen LogP contribution in [0.4, 0.5) is 5.69 Å². The first-order chi connectivity index (χ1) is 16.4. The minimum atomic E-state index is -0.351. The molecule has 0 unspecified atom stereocenters. The lowest BCUT2D eigenvalue weighted by Crippen LogP contribution is -2.07. The highest BCUT2D eigenvalue weighted by molar-refractivity contribution is 6.35. The number of fused-ring (bicyclic) bond motifs is 1. The number of oxazole rings is 1. The van der Waals surface area contributed by atoms with Gasteiger partial charge in [-0.15, -0.1) is 0 Å². The summed E-state index contributed by atoms with van der Waals surface area (Å²) in [6.45, 7) is 0. The van der Waals surface area contributed by atoms with Crippen LogP contribution in [-0.4, -0.2) is 15.9 Å². The molecule has 0 fully saturated rings. The van der Waals surface area contributed by atoms with Gasteiger partial charge in [0.15, 0.2) is 11.2 Å². The maximum atomic E-state index is 12.5. The Balaban J connectivity index is 1.31. The first-order valence-electron chi connectivity index (χ1n) is 10.0. The van der Waals surface area contributed by atoms with E-state index in [0.717, 1.165) is 5.56 Å². The van der Waals surface area contributed by atoms with Crippen molar-refractivity contribution in [2.24, 2.45) is 0 Å². The molecule has 6 nitrogen and oxygen atoms in total. The van der Waals surface area contributed by atoms with E-state index in [1.54, 1.807) is 72.9 Å². The second-order valence-electron chi connectivity index (χ2n) is 7.22. The molecular formula is C25H14Cl3N3O3. The van der Waals surface area contributed by atoms with Gasteiger partial charge in [-0.2, -0.15) is 4.98 Å². The van der Waals surface area contributed by atoms with Crippen LogP contribution in [0, 0.1) is 0 Å². The highest BCUT2D eigenvalue weighted by Gasteiger charge is 2.14. The number of carbonyl (C=O) groups is 1. The van der Waals surface area contributed by atoms with E-state index in [4.69, 9.17) is 43.6 Å². The van der Waals surface area contributed by atoms with E-state index in [2.05, 4.69) is 15.3 Å². The molecule has 0 aliphatic heterocycles. The Bertz CT molecular complexity index is 1500. The van der Waals surface area contributed by atoms with Crippen LogP contribution >= 0.6 is 34.8 Å². The summed E-state index contributed by atoms with van der Waals surface area (Å²) >= 11 is 18.4. The fourth-order valence-corrected chi connectivity index (χ4v) is 4.01. The molecule has 0 aliphatic carbocycles. The number of hydrogen-bond acceptors (Lipinski definition) is 5. The molecule has 0 aliphatic rings. The smallest absolute Gasteiger partial charge is 0.248 e. The number of benzene rings is 2. The van der Waals surface area contributed by atoms with Crippen molar-refractivity contribution in [3.63, 3.8) is 0 Å². The SMILES string of the molecule is O=C(/C=C/c1ccc(-c2cc(Cl)cc(Cl)c2)o1)Nc1ccc(Cl)c(-c2nc3ncccc3o2)c1. The maximum Gasteiger partial charge on any atom is 0.248 e. The van der Waals surface area contributed by atoms with Crippen LogP contribution in [0.25, 0.3) is 40.1 Å². The fraction of sp³-hybridized carbons (Fsp3) is 0. The molecule has 0 saturated heterocycles. The molecule has 0 bridgehead atoms. The molecule has 168 valence electrons. The minimum Gasteiger partial charge on any atom is -0.457 e. The Kier molecular flexibility index (Phi) is 6.11. The van der Waals surface area contributed by atoms with Gasteiger partial charge in [0.2, 0.25) is 11.8 Å². The third-order valence-corrected chi connectivity index (χ3v) is 5.57. The monoisotopic (exact) mass is 509 g/mol. The summed E-state index contributed by atoms with van der Waals surface area (Å²) in [6.07, 6.45) is 4.56. The molecule has 2 aromatic carbocycles. The van der Waals surface area contributed by atoms with Crippen molar-refractivity contribution in [1.29, 1.82) is 0 Å². The van der Waals surface area contributed by atoms with Gasteiger partial charge in [0.1, 0.15) is 11.5 Å². The van der Waals surface area contributed by atoms with Crippen LogP contribution in [0.1, 0.15) is 5.76 Å². The Morgan fingerprint density at radius 3 is 2.56 bits per heavy atom.